The number of thiophene rings is 2. The third kappa shape index (κ3) is 4.16. The first kappa shape index (κ1) is 27.6. The van der Waals surface area contributed by atoms with E-state index in [1.165, 1.54) is 4.57 Å². The van der Waals surface area contributed by atoms with Gasteiger partial charge in [-0.05, 0) is 62.7 Å². The standard InChI is InChI=1S/C41H23NO3S2/c43-39-30-11-5-4-10-29(30)35-33(26-18-14-24(15-19-26)31-12-6-22-46-31)37-38(41(45)42(40(37)44)28-8-2-1-3-9-28)34(36(35)39)27-20-16-25(17-21-27)32-13-7-23-47-32/h1-23H. The van der Waals surface area contributed by atoms with Gasteiger partial charge in [-0.1, -0.05) is 103 Å². The van der Waals surface area contributed by atoms with Gasteiger partial charge >= 0.3 is 0 Å². The summed E-state index contributed by atoms with van der Waals surface area (Å²) >= 11 is 3.31. The van der Waals surface area contributed by atoms with Crippen LogP contribution in [0.2, 0.25) is 0 Å². The number of hydrogen-bond acceptors (Lipinski definition) is 5. The molecular formula is C41H23NO3S2. The van der Waals surface area contributed by atoms with Crippen molar-refractivity contribution in [2.24, 2.45) is 0 Å². The van der Waals surface area contributed by atoms with Crippen LogP contribution in [0.4, 0.5) is 0 Å². The number of aromatic nitrogens is 1. The summed E-state index contributed by atoms with van der Waals surface area (Å²) in [6, 6.07) is 40.7. The van der Waals surface area contributed by atoms with Crippen LogP contribution in [0.15, 0.2) is 153 Å². The van der Waals surface area contributed by atoms with Crippen molar-refractivity contribution in [2.75, 3.05) is 0 Å². The summed E-state index contributed by atoms with van der Waals surface area (Å²) in [7, 11) is 0. The predicted molar refractivity (Wildman–Crippen MR) is 197 cm³/mol. The highest BCUT2D eigenvalue weighted by Crippen LogP contribution is 2.45. The van der Waals surface area contributed by atoms with E-state index in [0.717, 1.165) is 37.4 Å². The van der Waals surface area contributed by atoms with Gasteiger partial charge in [0.05, 0.1) is 16.5 Å². The lowest BCUT2D eigenvalue weighted by Crippen LogP contribution is -2.23. The van der Waals surface area contributed by atoms with E-state index >= 15 is 0 Å². The van der Waals surface area contributed by atoms with Gasteiger partial charge in [0.25, 0.3) is 11.1 Å². The normalized spacial score (nSPS) is 11.7. The maximum absolute atomic E-state index is 14.7. The first-order valence-corrected chi connectivity index (χ1v) is 17.0. The second-order valence-electron chi connectivity index (χ2n) is 11.5. The van der Waals surface area contributed by atoms with Crippen LogP contribution < -0.4 is 16.5 Å². The van der Waals surface area contributed by atoms with Crippen LogP contribution in [0.25, 0.3) is 81.1 Å². The number of nitrogens with zero attached hydrogens (tertiary/aromatic N) is 1. The van der Waals surface area contributed by atoms with E-state index in [0.29, 0.717) is 38.4 Å². The molecule has 6 heteroatoms. The molecule has 0 saturated heterocycles. The van der Waals surface area contributed by atoms with Crippen LogP contribution in [0.3, 0.4) is 0 Å². The second-order valence-corrected chi connectivity index (χ2v) is 13.4. The monoisotopic (exact) mass is 641 g/mol. The molecule has 6 aromatic carbocycles. The van der Waals surface area contributed by atoms with Gasteiger partial charge in [-0.3, -0.25) is 14.4 Å². The van der Waals surface area contributed by atoms with Crippen LogP contribution >= 0.6 is 22.7 Å². The van der Waals surface area contributed by atoms with Crippen LogP contribution in [-0.2, 0) is 0 Å². The maximum Gasteiger partial charge on any atom is 0.266 e. The molecule has 0 amide bonds. The largest absolute Gasteiger partial charge is 0.289 e. The highest BCUT2D eigenvalue weighted by atomic mass is 32.1. The van der Waals surface area contributed by atoms with E-state index in [-0.39, 0.29) is 10.8 Å². The fraction of sp³-hybridized carbons (Fsp3) is 0. The number of benzene rings is 5. The summed E-state index contributed by atoms with van der Waals surface area (Å²) in [5, 5.41) is 7.15. The van der Waals surface area contributed by atoms with Crippen LogP contribution in [0.1, 0.15) is 0 Å². The lowest BCUT2D eigenvalue weighted by Gasteiger charge is -2.13. The molecule has 3 heterocycles. The van der Waals surface area contributed by atoms with Crippen LogP contribution in [0, 0.1) is 0 Å². The molecule has 0 atom stereocenters. The molecule has 0 N–H and O–H groups in total. The average Bonchev–Trinajstić information content (AvgIpc) is 3.94. The molecule has 0 saturated carbocycles. The lowest BCUT2D eigenvalue weighted by molar-refractivity contribution is 0.991. The van der Waals surface area contributed by atoms with E-state index in [1.807, 2.05) is 114 Å². The molecule has 4 nitrogen and oxygen atoms in total. The smallest absolute Gasteiger partial charge is 0.266 e. The van der Waals surface area contributed by atoms with Crippen molar-refractivity contribution in [1.82, 2.24) is 4.57 Å². The zero-order chi connectivity index (χ0) is 31.6. The zero-order valence-electron chi connectivity index (χ0n) is 24.8. The summed E-state index contributed by atoms with van der Waals surface area (Å²) in [4.78, 5) is 46.0. The molecule has 0 fully saturated rings. The molecule has 0 bridgehead atoms. The Morgan fingerprint density at radius 1 is 0.404 bits per heavy atom. The first-order valence-electron chi connectivity index (χ1n) is 15.2. The molecule has 0 aliphatic rings. The molecular weight excluding hydrogens is 619 g/mol. The maximum atomic E-state index is 14.7. The van der Waals surface area contributed by atoms with Gasteiger partial charge < -0.3 is 0 Å². The van der Waals surface area contributed by atoms with Gasteiger partial charge in [0.1, 0.15) is 0 Å². The SMILES string of the molecule is O=c1c2ccccc2c2c(-c3ccc(-c4cccs4)cc3)c3c(=O)n(-c4ccccc4)c(=O)c3c(-c3ccc(-c4cccs4)cc3)c12. The minimum absolute atomic E-state index is 0.148. The van der Waals surface area contributed by atoms with Gasteiger partial charge in [0.15, 0.2) is 5.43 Å². The van der Waals surface area contributed by atoms with Crippen LogP contribution in [0.5, 0.6) is 0 Å². The van der Waals surface area contributed by atoms with E-state index in [9.17, 15) is 14.4 Å². The number of fused-ring (bicyclic) bond motifs is 4. The molecule has 222 valence electrons. The fourth-order valence-electron chi connectivity index (χ4n) is 6.90. The van der Waals surface area contributed by atoms with Gasteiger partial charge in [0, 0.05) is 37.0 Å². The lowest BCUT2D eigenvalue weighted by atomic mass is 9.88. The molecule has 47 heavy (non-hydrogen) atoms. The molecule has 0 aliphatic carbocycles. The van der Waals surface area contributed by atoms with Crippen molar-refractivity contribution in [3.8, 4) is 48.8 Å². The number of hydrogen-bond donors (Lipinski definition) is 0. The quantitative estimate of drug-likeness (QED) is 0.188. The molecule has 9 rings (SSSR count). The summed E-state index contributed by atoms with van der Waals surface area (Å²) in [5.74, 6) is 0. The summed E-state index contributed by atoms with van der Waals surface area (Å²) in [6.07, 6.45) is 0. The average molecular weight is 642 g/mol. The summed E-state index contributed by atoms with van der Waals surface area (Å²) in [6.45, 7) is 0. The summed E-state index contributed by atoms with van der Waals surface area (Å²) in [5.41, 5.74) is 4.22. The van der Waals surface area contributed by atoms with Gasteiger partial charge in [-0.2, -0.15) is 0 Å². The van der Waals surface area contributed by atoms with Gasteiger partial charge in [-0.15, -0.1) is 22.7 Å². The van der Waals surface area contributed by atoms with Crippen molar-refractivity contribution in [1.29, 1.82) is 0 Å². The second kappa shape index (κ2) is 10.7. The molecule has 0 aliphatic heterocycles. The zero-order valence-corrected chi connectivity index (χ0v) is 26.4. The Morgan fingerprint density at radius 3 is 1.38 bits per heavy atom. The Hall–Kier alpha value is -5.69. The van der Waals surface area contributed by atoms with Gasteiger partial charge in [0.2, 0.25) is 0 Å². The Bertz CT molecular complexity index is 2750. The minimum Gasteiger partial charge on any atom is -0.289 e. The Labute approximate surface area is 276 Å². The molecule has 9 aromatic rings. The first-order chi connectivity index (χ1) is 23.1. The minimum atomic E-state index is -0.434. The van der Waals surface area contributed by atoms with E-state index in [4.69, 9.17) is 0 Å². The van der Waals surface area contributed by atoms with Crippen molar-refractivity contribution >= 4 is 55.0 Å². The Kier molecular flexibility index (Phi) is 6.28. The van der Waals surface area contributed by atoms with E-state index in [2.05, 4.69) is 12.1 Å². The molecule has 0 radical (unpaired) electrons. The van der Waals surface area contributed by atoms with Crippen molar-refractivity contribution in [3.05, 3.63) is 169 Å². The molecule has 3 aromatic heterocycles. The highest BCUT2D eigenvalue weighted by molar-refractivity contribution is 7.13. The number of para-hydroxylation sites is 1. The highest BCUT2D eigenvalue weighted by Gasteiger charge is 2.29. The number of rotatable bonds is 5. The summed E-state index contributed by atoms with van der Waals surface area (Å²) < 4.78 is 1.25. The van der Waals surface area contributed by atoms with Crippen molar-refractivity contribution < 1.29 is 0 Å². The Morgan fingerprint density at radius 2 is 0.872 bits per heavy atom. The fourth-order valence-corrected chi connectivity index (χ4v) is 8.37. The molecule has 0 unspecified atom stereocenters. The Balaban J connectivity index is 1.46. The predicted octanol–water partition coefficient (Wildman–Crippen LogP) is 9.68. The van der Waals surface area contributed by atoms with Crippen molar-refractivity contribution in [3.63, 3.8) is 0 Å². The van der Waals surface area contributed by atoms with Gasteiger partial charge in [-0.25, -0.2) is 4.57 Å². The third-order valence-corrected chi connectivity index (χ3v) is 10.8. The van der Waals surface area contributed by atoms with Crippen LogP contribution in [-0.4, -0.2) is 4.57 Å². The topological polar surface area (TPSA) is 56.1 Å². The third-order valence-electron chi connectivity index (χ3n) is 8.97. The van der Waals surface area contributed by atoms with E-state index < -0.39 is 11.1 Å². The molecule has 0 spiro atoms. The van der Waals surface area contributed by atoms with E-state index in [1.54, 1.807) is 34.8 Å². The van der Waals surface area contributed by atoms with Crippen molar-refractivity contribution in [2.45, 2.75) is 0 Å².